The Labute approximate surface area is 143 Å². The molecule has 128 valence electrons. The normalized spacial score (nSPS) is 18.5. The van der Waals surface area contributed by atoms with Crippen molar-refractivity contribution >= 4 is 16.8 Å². The first-order valence-electron chi connectivity index (χ1n) is 8.69. The molecule has 1 fully saturated rings. The van der Waals surface area contributed by atoms with Crippen molar-refractivity contribution in [2.75, 3.05) is 20.2 Å². The third-order valence-electron chi connectivity index (χ3n) is 4.56. The monoisotopic (exact) mass is 327 g/mol. The van der Waals surface area contributed by atoms with Crippen molar-refractivity contribution in [1.29, 1.82) is 0 Å². The molecule has 5 nitrogen and oxygen atoms in total. The van der Waals surface area contributed by atoms with E-state index in [1.165, 1.54) is 0 Å². The first kappa shape index (κ1) is 16.7. The number of benzene rings is 1. The summed E-state index contributed by atoms with van der Waals surface area (Å²) in [6.45, 7) is 4.29. The Balaban J connectivity index is 1.78. The molecule has 1 aliphatic rings. The zero-order chi connectivity index (χ0) is 16.9. The second-order valence-electron chi connectivity index (χ2n) is 6.19. The van der Waals surface area contributed by atoms with Crippen LogP contribution in [0.4, 0.5) is 0 Å². The number of pyridine rings is 1. The number of rotatable bonds is 5. The van der Waals surface area contributed by atoms with Gasteiger partial charge in [-0.3, -0.25) is 14.7 Å². The van der Waals surface area contributed by atoms with E-state index in [0.717, 1.165) is 48.2 Å². The molecule has 1 aromatic carbocycles. The molecule has 1 atom stereocenters. The van der Waals surface area contributed by atoms with Crippen LogP contribution in [-0.2, 0) is 11.3 Å². The minimum absolute atomic E-state index is 0.0402. The van der Waals surface area contributed by atoms with E-state index in [1.807, 2.05) is 31.2 Å². The van der Waals surface area contributed by atoms with Gasteiger partial charge in [-0.2, -0.15) is 0 Å². The molecule has 0 aliphatic carbocycles. The topological polar surface area (TPSA) is 54.5 Å². The molecule has 5 heteroatoms. The molecule has 0 bridgehead atoms. The SMILES string of the molecule is CCOc1ccc2nc(CN3CCCC[C@H]3C(=O)NC)ccc2c1. The zero-order valence-corrected chi connectivity index (χ0v) is 14.4. The molecular formula is C19H25N3O2. The third-order valence-corrected chi connectivity index (χ3v) is 4.56. The Bertz CT molecular complexity index is 717. The van der Waals surface area contributed by atoms with Crippen LogP contribution in [0.2, 0.25) is 0 Å². The highest BCUT2D eigenvalue weighted by molar-refractivity contribution is 5.82. The average molecular weight is 327 g/mol. The fourth-order valence-electron chi connectivity index (χ4n) is 3.34. The van der Waals surface area contributed by atoms with Gasteiger partial charge in [-0.05, 0) is 50.6 Å². The summed E-state index contributed by atoms with van der Waals surface area (Å²) in [5, 5.41) is 3.86. The molecule has 1 saturated heterocycles. The summed E-state index contributed by atoms with van der Waals surface area (Å²) in [4.78, 5) is 19.1. The van der Waals surface area contributed by atoms with E-state index in [2.05, 4.69) is 16.3 Å². The summed E-state index contributed by atoms with van der Waals surface area (Å²) in [6.07, 6.45) is 3.17. The number of likely N-dealkylation sites (N-methyl/N-ethyl adjacent to an activating group) is 1. The van der Waals surface area contributed by atoms with Crippen LogP contribution in [0.15, 0.2) is 30.3 Å². The number of fused-ring (bicyclic) bond motifs is 1. The minimum Gasteiger partial charge on any atom is -0.494 e. The quantitative estimate of drug-likeness (QED) is 0.917. The highest BCUT2D eigenvalue weighted by atomic mass is 16.5. The highest BCUT2D eigenvalue weighted by Crippen LogP contribution is 2.23. The predicted octanol–water partition coefficient (Wildman–Crippen LogP) is 2.73. The van der Waals surface area contributed by atoms with E-state index in [9.17, 15) is 4.79 Å². The first-order chi connectivity index (χ1) is 11.7. The number of piperidine rings is 1. The number of nitrogens with zero attached hydrogens (tertiary/aromatic N) is 2. The van der Waals surface area contributed by atoms with E-state index >= 15 is 0 Å². The van der Waals surface area contributed by atoms with Gasteiger partial charge in [0, 0.05) is 19.0 Å². The molecule has 0 saturated carbocycles. The fourth-order valence-corrected chi connectivity index (χ4v) is 3.34. The first-order valence-corrected chi connectivity index (χ1v) is 8.69. The summed E-state index contributed by atoms with van der Waals surface area (Å²) < 4.78 is 5.54. The molecule has 1 N–H and O–H groups in total. The molecule has 2 heterocycles. The fraction of sp³-hybridized carbons (Fsp3) is 0.474. The maximum absolute atomic E-state index is 12.1. The van der Waals surface area contributed by atoms with Crippen molar-refractivity contribution in [3.8, 4) is 5.75 Å². The number of hydrogen-bond acceptors (Lipinski definition) is 4. The van der Waals surface area contributed by atoms with Crippen molar-refractivity contribution in [3.05, 3.63) is 36.0 Å². The third kappa shape index (κ3) is 3.67. The summed E-state index contributed by atoms with van der Waals surface area (Å²) in [5.41, 5.74) is 1.96. The van der Waals surface area contributed by atoms with Gasteiger partial charge in [0.2, 0.25) is 5.91 Å². The predicted molar refractivity (Wildman–Crippen MR) is 95.0 cm³/mol. The summed E-state index contributed by atoms with van der Waals surface area (Å²) in [6, 6.07) is 10.1. The van der Waals surface area contributed by atoms with Crippen molar-refractivity contribution in [2.24, 2.45) is 0 Å². The number of nitrogens with one attached hydrogen (secondary N) is 1. The number of carbonyl (C=O) groups excluding carboxylic acids is 1. The van der Waals surface area contributed by atoms with E-state index in [1.54, 1.807) is 7.05 Å². The lowest BCUT2D eigenvalue weighted by Crippen LogP contribution is -2.48. The largest absolute Gasteiger partial charge is 0.494 e. The molecular weight excluding hydrogens is 302 g/mol. The smallest absolute Gasteiger partial charge is 0.237 e. The lowest BCUT2D eigenvalue weighted by atomic mass is 10.0. The second kappa shape index (κ2) is 7.62. The van der Waals surface area contributed by atoms with Gasteiger partial charge in [0.05, 0.1) is 23.9 Å². The Hall–Kier alpha value is -2.14. The Morgan fingerprint density at radius 2 is 2.21 bits per heavy atom. The van der Waals surface area contributed by atoms with Gasteiger partial charge >= 0.3 is 0 Å². The number of carbonyl (C=O) groups is 1. The van der Waals surface area contributed by atoms with Crippen LogP contribution in [0.3, 0.4) is 0 Å². The van der Waals surface area contributed by atoms with Crippen molar-refractivity contribution in [1.82, 2.24) is 15.2 Å². The van der Waals surface area contributed by atoms with Crippen LogP contribution in [0.1, 0.15) is 31.9 Å². The molecule has 24 heavy (non-hydrogen) atoms. The summed E-state index contributed by atoms with van der Waals surface area (Å²) >= 11 is 0. The highest BCUT2D eigenvalue weighted by Gasteiger charge is 2.28. The number of likely N-dealkylation sites (tertiary alicyclic amines) is 1. The maximum atomic E-state index is 12.1. The van der Waals surface area contributed by atoms with Gasteiger partial charge in [0.25, 0.3) is 0 Å². The van der Waals surface area contributed by atoms with Crippen molar-refractivity contribution in [2.45, 2.75) is 38.8 Å². The van der Waals surface area contributed by atoms with Crippen LogP contribution in [0, 0.1) is 0 Å². The average Bonchev–Trinajstić information content (AvgIpc) is 2.62. The van der Waals surface area contributed by atoms with Gasteiger partial charge < -0.3 is 10.1 Å². The van der Waals surface area contributed by atoms with Gasteiger partial charge in [0.15, 0.2) is 0 Å². The molecule has 3 rings (SSSR count). The maximum Gasteiger partial charge on any atom is 0.237 e. The molecule has 0 unspecified atom stereocenters. The lowest BCUT2D eigenvalue weighted by molar-refractivity contribution is -0.127. The van der Waals surface area contributed by atoms with E-state index in [-0.39, 0.29) is 11.9 Å². The molecule has 0 spiro atoms. The van der Waals surface area contributed by atoms with Crippen LogP contribution >= 0.6 is 0 Å². The Morgan fingerprint density at radius 1 is 1.33 bits per heavy atom. The Morgan fingerprint density at radius 3 is 3.00 bits per heavy atom. The number of ether oxygens (including phenoxy) is 1. The van der Waals surface area contributed by atoms with Gasteiger partial charge in [-0.15, -0.1) is 0 Å². The molecule has 1 aliphatic heterocycles. The summed E-state index contributed by atoms with van der Waals surface area (Å²) in [7, 11) is 1.71. The van der Waals surface area contributed by atoms with Gasteiger partial charge in [-0.1, -0.05) is 12.5 Å². The second-order valence-corrected chi connectivity index (χ2v) is 6.19. The van der Waals surface area contributed by atoms with E-state index < -0.39 is 0 Å². The number of hydrogen-bond donors (Lipinski definition) is 1. The number of amides is 1. The van der Waals surface area contributed by atoms with Gasteiger partial charge in [0.1, 0.15) is 5.75 Å². The minimum atomic E-state index is -0.0402. The zero-order valence-electron chi connectivity index (χ0n) is 14.4. The summed E-state index contributed by atoms with van der Waals surface area (Å²) in [5.74, 6) is 0.979. The van der Waals surface area contributed by atoms with Crippen LogP contribution in [0.25, 0.3) is 10.9 Å². The van der Waals surface area contributed by atoms with E-state index in [0.29, 0.717) is 13.2 Å². The van der Waals surface area contributed by atoms with Crippen LogP contribution < -0.4 is 10.1 Å². The van der Waals surface area contributed by atoms with Gasteiger partial charge in [-0.25, -0.2) is 0 Å². The van der Waals surface area contributed by atoms with Crippen molar-refractivity contribution < 1.29 is 9.53 Å². The Kier molecular flexibility index (Phi) is 5.30. The number of aromatic nitrogens is 1. The van der Waals surface area contributed by atoms with Crippen LogP contribution in [-0.4, -0.2) is 42.0 Å². The molecule has 1 amide bonds. The standard InChI is InChI=1S/C19H25N3O2/c1-3-24-16-9-10-17-14(12-16)7-8-15(21-17)13-22-11-5-4-6-18(22)19(23)20-2/h7-10,12,18H,3-6,11,13H2,1-2H3,(H,20,23)/t18-/m0/s1. The van der Waals surface area contributed by atoms with Crippen LogP contribution in [0.5, 0.6) is 5.75 Å². The van der Waals surface area contributed by atoms with Crippen molar-refractivity contribution in [3.63, 3.8) is 0 Å². The molecule has 2 aromatic rings. The van der Waals surface area contributed by atoms with E-state index in [4.69, 9.17) is 9.72 Å². The lowest BCUT2D eigenvalue weighted by Gasteiger charge is -2.34. The molecule has 1 aromatic heterocycles. The molecule has 0 radical (unpaired) electrons.